The summed E-state index contributed by atoms with van der Waals surface area (Å²) in [6.45, 7) is -0.546. The summed E-state index contributed by atoms with van der Waals surface area (Å²) in [6.07, 6.45) is 0. The minimum absolute atomic E-state index is 0.259. The summed E-state index contributed by atoms with van der Waals surface area (Å²) in [6, 6.07) is 119. The first kappa shape index (κ1) is 54.6. The number of rotatable bonds is 8. The van der Waals surface area contributed by atoms with Gasteiger partial charge in [-0.05, 0) is 179 Å². The molecule has 0 N–H and O–H groups in total. The fourth-order valence-corrected chi connectivity index (χ4v) is 16.3. The van der Waals surface area contributed by atoms with Crippen LogP contribution in [0.15, 0.2) is 336 Å². The van der Waals surface area contributed by atoms with Crippen molar-refractivity contribution >= 4 is 124 Å². The smallest absolute Gasteiger partial charge is 0.256 e. The quantitative estimate of drug-likeness (QED) is 0.141. The molecular weight excluding hydrogens is 1190 g/mol. The monoisotopic (exact) mass is 1250 g/mol. The summed E-state index contributed by atoms with van der Waals surface area (Å²) in [5.74, 6) is 3.28. The zero-order chi connectivity index (χ0) is 64.1. The second kappa shape index (κ2) is 21.4. The van der Waals surface area contributed by atoms with Crippen LogP contribution >= 0.6 is 0 Å². The minimum atomic E-state index is -0.286. The number of benzene rings is 15. The van der Waals surface area contributed by atoms with E-state index in [4.69, 9.17) is 18.3 Å². The molecule has 0 aliphatic carbocycles. The van der Waals surface area contributed by atoms with E-state index in [2.05, 4.69) is 319 Å². The van der Waals surface area contributed by atoms with E-state index in [1.54, 1.807) is 0 Å². The van der Waals surface area contributed by atoms with Crippen molar-refractivity contribution in [3.05, 3.63) is 328 Å². The largest absolute Gasteiger partial charge is 0.458 e. The van der Waals surface area contributed by atoms with Gasteiger partial charge in [-0.2, -0.15) is 0 Å². The lowest BCUT2D eigenvalue weighted by Gasteiger charge is -2.45. The average Bonchev–Trinajstić information content (AvgIpc) is 0.844. The van der Waals surface area contributed by atoms with Crippen molar-refractivity contribution in [2.45, 2.75) is 0 Å². The van der Waals surface area contributed by atoms with E-state index in [1.807, 2.05) is 18.2 Å². The molecule has 0 saturated heterocycles. The van der Waals surface area contributed by atoms with Crippen molar-refractivity contribution in [1.29, 1.82) is 0 Å². The summed E-state index contributed by atoms with van der Waals surface area (Å²) in [7, 11) is 0. The number of hydrogen-bond acceptors (Lipinski definition) is 6. The molecule has 98 heavy (non-hydrogen) atoms. The van der Waals surface area contributed by atoms with Gasteiger partial charge >= 0.3 is 0 Å². The van der Waals surface area contributed by atoms with Gasteiger partial charge in [0.2, 0.25) is 0 Å². The third-order valence-electron chi connectivity index (χ3n) is 20.7. The van der Waals surface area contributed by atoms with Crippen molar-refractivity contribution in [3.63, 3.8) is 0 Å². The molecule has 8 heteroatoms. The highest BCUT2D eigenvalue weighted by Crippen LogP contribution is 2.53. The Morgan fingerprint density at radius 3 is 1.10 bits per heavy atom. The van der Waals surface area contributed by atoms with Crippen molar-refractivity contribution in [2.24, 2.45) is 0 Å². The summed E-state index contributed by atoms with van der Waals surface area (Å²) >= 11 is 0. The molecule has 0 spiro atoms. The topological polar surface area (TPSA) is 51.2 Å². The Balaban J connectivity index is 0.887. The average molecular weight is 1250 g/mol. The van der Waals surface area contributed by atoms with Crippen molar-refractivity contribution < 1.29 is 18.3 Å². The first-order valence-corrected chi connectivity index (χ1v) is 33.6. The van der Waals surface area contributed by atoms with Crippen molar-refractivity contribution in [2.75, 3.05) is 9.80 Å². The van der Waals surface area contributed by atoms with E-state index >= 15 is 0 Å². The highest BCUT2D eigenvalue weighted by molar-refractivity contribution is 7.02. The van der Waals surface area contributed by atoms with E-state index in [0.717, 1.165) is 190 Å². The van der Waals surface area contributed by atoms with Gasteiger partial charge < -0.3 is 28.1 Å². The van der Waals surface area contributed by atoms with Gasteiger partial charge in [-0.15, -0.1) is 0 Å². The van der Waals surface area contributed by atoms with Crippen molar-refractivity contribution in [3.8, 4) is 89.8 Å². The number of anilines is 6. The molecule has 4 aliphatic rings. The molecule has 4 aliphatic heterocycles. The van der Waals surface area contributed by atoms with Crippen molar-refractivity contribution in [1.82, 2.24) is 0 Å². The Labute approximate surface area is 566 Å². The van der Waals surface area contributed by atoms with E-state index in [1.165, 1.54) is 10.9 Å². The molecule has 0 fully saturated rings. The van der Waals surface area contributed by atoms with Gasteiger partial charge in [0.25, 0.3) is 13.4 Å². The fourth-order valence-electron chi connectivity index (χ4n) is 16.3. The summed E-state index contributed by atoms with van der Waals surface area (Å²) in [4.78, 5) is 5.12. The predicted octanol–water partition coefficient (Wildman–Crippen LogP) is 20.3. The first-order chi connectivity index (χ1) is 48.6. The van der Waals surface area contributed by atoms with Crippen LogP contribution in [0.25, 0.3) is 111 Å². The Morgan fingerprint density at radius 2 is 0.612 bits per heavy atom. The number of furan rings is 2. The van der Waals surface area contributed by atoms with E-state index < -0.39 is 0 Å². The molecule has 21 rings (SSSR count). The van der Waals surface area contributed by atoms with Gasteiger partial charge in [0.15, 0.2) is 0 Å². The SMILES string of the molecule is c1ccc(-c2ccc3c(c2)Oc2cc(-c4ccc5oc6ccccc6c5c4)cc4c2B3c2cc3c(cc2N4c2ccccc2)N(c2c(-c4ccccc4)cccc2-c2ccccc2)c2cc(-c4ccc5oc6ccccc6c5c4)cc4c2B3c2ccc(-c3ccccc3)cc2O4)cc1. The molecule has 15 aromatic carbocycles. The van der Waals surface area contributed by atoms with Crippen LogP contribution in [-0.2, 0) is 0 Å². The lowest BCUT2D eigenvalue weighted by molar-refractivity contribution is 0.487. The number of ether oxygens (including phenoxy) is 2. The number of para-hydroxylation sites is 4. The zero-order valence-electron chi connectivity index (χ0n) is 52.9. The lowest BCUT2D eigenvalue weighted by Crippen LogP contribution is -2.63. The van der Waals surface area contributed by atoms with Gasteiger partial charge in [-0.3, -0.25) is 0 Å². The highest BCUT2D eigenvalue weighted by atomic mass is 16.5. The fraction of sp³-hybridized carbons (Fsp3) is 0. The maximum absolute atomic E-state index is 7.63. The molecule has 454 valence electrons. The van der Waals surface area contributed by atoms with Gasteiger partial charge in [0, 0.05) is 61.1 Å². The molecule has 6 heterocycles. The molecular formula is C90H54B2N2O4. The molecule has 0 unspecified atom stereocenters. The zero-order valence-corrected chi connectivity index (χ0v) is 52.9. The van der Waals surface area contributed by atoms with Crippen LogP contribution in [0.3, 0.4) is 0 Å². The van der Waals surface area contributed by atoms with Gasteiger partial charge in [0.05, 0.1) is 5.69 Å². The number of hydrogen-bond donors (Lipinski definition) is 0. The lowest BCUT2D eigenvalue weighted by atomic mass is 9.30. The molecule has 0 atom stereocenters. The van der Waals surface area contributed by atoms with E-state index in [-0.39, 0.29) is 13.4 Å². The third-order valence-corrected chi connectivity index (χ3v) is 20.7. The summed E-state index contributed by atoms with van der Waals surface area (Å²) in [5.41, 5.74) is 29.5. The second-order valence-electron chi connectivity index (χ2n) is 26.2. The molecule has 0 bridgehead atoms. The summed E-state index contributed by atoms with van der Waals surface area (Å²) < 4.78 is 28.1. The first-order valence-electron chi connectivity index (χ1n) is 33.6. The van der Waals surface area contributed by atoms with E-state index in [0.29, 0.717) is 0 Å². The van der Waals surface area contributed by atoms with Crippen LogP contribution in [0, 0.1) is 0 Å². The Bertz CT molecular complexity index is 6090. The molecule has 6 nitrogen and oxygen atoms in total. The number of fused-ring (bicyclic) bond motifs is 14. The number of nitrogens with zero attached hydrogens (tertiary/aromatic N) is 2. The Kier molecular flexibility index (Phi) is 11.9. The van der Waals surface area contributed by atoms with Crippen LogP contribution in [0.2, 0.25) is 0 Å². The molecule has 17 aromatic rings. The van der Waals surface area contributed by atoms with Gasteiger partial charge in [-0.25, -0.2) is 0 Å². The van der Waals surface area contributed by atoms with Gasteiger partial charge in [0.1, 0.15) is 45.3 Å². The van der Waals surface area contributed by atoms with Crippen LogP contribution < -0.4 is 52.1 Å². The molecule has 0 saturated carbocycles. The van der Waals surface area contributed by atoms with Crippen LogP contribution in [-0.4, -0.2) is 13.4 Å². The molecule has 0 amide bonds. The summed E-state index contributed by atoms with van der Waals surface area (Å²) in [5, 5.41) is 4.28. The maximum Gasteiger partial charge on any atom is 0.256 e. The van der Waals surface area contributed by atoms with Crippen LogP contribution in [0.1, 0.15) is 0 Å². The Hall–Kier alpha value is -12.8. The molecule has 0 radical (unpaired) electrons. The normalized spacial score (nSPS) is 13.0. The second-order valence-corrected chi connectivity index (χ2v) is 26.2. The van der Waals surface area contributed by atoms with Crippen LogP contribution in [0.5, 0.6) is 23.0 Å². The van der Waals surface area contributed by atoms with E-state index in [9.17, 15) is 0 Å². The third kappa shape index (κ3) is 8.37. The standard InChI is InChI=1S/C90H54B2N2O4/c1-6-21-55(22-7-1)61-37-41-72-84(49-61)97-86-51-63(59-39-43-82-70(45-59)68-31-16-18-35-80(68)95-82)47-78-88(86)91(72)74-53-75-77(54-76(74)93(78)65-29-14-5-15-30-65)94(90-66(57-25-10-3-11-26-57)33-20-34-67(90)58-27-12-4-13-28-58)79-48-64(60-40-44-83-71(46-60)69-32-17-19-36-81(69)96-83)52-87-89(79)92(75)73-42-38-62(50-85(73)98-87)56-23-8-2-9-24-56/h1-54H. The minimum Gasteiger partial charge on any atom is -0.458 e. The Morgan fingerprint density at radius 1 is 0.224 bits per heavy atom. The maximum atomic E-state index is 7.63. The van der Waals surface area contributed by atoms with Crippen LogP contribution in [0.4, 0.5) is 34.1 Å². The molecule has 2 aromatic heterocycles. The predicted molar refractivity (Wildman–Crippen MR) is 405 cm³/mol. The highest BCUT2D eigenvalue weighted by Gasteiger charge is 2.48. The van der Waals surface area contributed by atoms with Gasteiger partial charge in [-0.1, -0.05) is 237 Å².